The van der Waals surface area contributed by atoms with Crippen LogP contribution in [0.15, 0.2) is 42.5 Å². The summed E-state index contributed by atoms with van der Waals surface area (Å²) in [5.41, 5.74) is 1.95. The van der Waals surface area contributed by atoms with Gasteiger partial charge in [-0.3, -0.25) is 9.69 Å². The SMILES string of the molecule is Cc1cc(Cl)ccc1OCC(=O)NCCN1CCN(c2ccc(F)cc2)CC1. The van der Waals surface area contributed by atoms with Crippen molar-refractivity contribution in [3.05, 3.63) is 58.9 Å². The van der Waals surface area contributed by atoms with Crippen molar-refractivity contribution in [1.29, 1.82) is 0 Å². The maximum atomic E-state index is 13.0. The standard InChI is InChI=1S/C21H25ClFN3O2/c1-16-14-17(22)2-7-20(16)28-15-21(27)24-8-9-25-10-12-26(13-11-25)19-5-3-18(23)4-6-19/h2-7,14H,8-13,15H2,1H3,(H,24,27). The number of benzene rings is 2. The van der Waals surface area contributed by atoms with E-state index in [1.807, 2.05) is 19.1 Å². The van der Waals surface area contributed by atoms with Crippen LogP contribution in [0.5, 0.6) is 5.75 Å². The average Bonchev–Trinajstić information content (AvgIpc) is 2.68. The summed E-state index contributed by atoms with van der Waals surface area (Å²) in [7, 11) is 0. The molecule has 1 aliphatic heterocycles. The van der Waals surface area contributed by atoms with Gasteiger partial charge in [0.1, 0.15) is 11.6 Å². The second-order valence-electron chi connectivity index (χ2n) is 6.85. The fraction of sp³-hybridized carbons (Fsp3) is 0.381. The van der Waals surface area contributed by atoms with Gasteiger partial charge in [-0.05, 0) is 55.0 Å². The van der Waals surface area contributed by atoms with Gasteiger partial charge in [0.25, 0.3) is 5.91 Å². The van der Waals surface area contributed by atoms with Crippen LogP contribution in [0.2, 0.25) is 5.02 Å². The quantitative estimate of drug-likeness (QED) is 0.768. The van der Waals surface area contributed by atoms with Gasteiger partial charge in [0.05, 0.1) is 0 Å². The van der Waals surface area contributed by atoms with E-state index in [-0.39, 0.29) is 18.3 Å². The molecule has 0 unspecified atom stereocenters. The molecule has 3 rings (SSSR count). The Balaban J connectivity index is 1.33. The maximum Gasteiger partial charge on any atom is 0.257 e. The van der Waals surface area contributed by atoms with Gasteiger partial charge in [-0.2, -0.15) is 0 Å². The van der Waals surface area contributed by atoms with E-state index < -0.39 is 0 Å². The molecule has 0 aromatic heterocycles. The second kappa shape index (κ2) is 9.75. The molecule has 28 heavy (non-hydrogen) atoms. The maximum absolute atomic E-state index is 13.0. The van der Waals surface area contributed by atoms with Gasteiger partial charge >= 0.3 is 0 Å². The van der Waals surface area contributed by atoms with Crippen LogP contribution < -0.4 is 15.0 Å². The number of halogens is 2. The molecule has 1 fully saturated rings. The molecule has 0 radical (unpaired) electrons. The molecule has 2 aromatic rings. The number of hydrogen-bond acceptors (Lipinski definition) is 4. The number of nitrogens with one attached hydrogen (secondary N) is 1. The molecule has 1 amide bonds. The lowest BCUT2D eigenvalue weighted by atomic mass is 10.2. The summed E-state index contributed by atoms with van der Waals surface area (Å²) in [4.78, 5) is 16.5. The number of hydrogen-bond donors (Lipinski definition) is 1. The van der Waals surface area contributed by atoms with Crippen LogP contribution in [0.3, 0.4) is 0 Å². The molecule has 1 heterocycles. The van der Waals surface area contributed by atoms with Crippen LogP contribution >= 0.6 is 11.6 Å². The van der Waals surface area contributed by atoms with Crippen molar-refractivity contribution in [3.63, 3.8) is 0 Å². The third-order valence-corrected chi connectivity index (χ3v) is 5.05. The van der Waals surface area contributed by atoms with E-state index >= 15 is 0 Å². The van der Waals surface area contributed by atoms with Crippen molar-refractivity contribution in [3.8, 4) is 5.75 Å². The molecular weight excluding hydrogens is 381 g/mol. The highest BCUT2D eigenvalue weighted by atomic mass is 35.5. The Bertz CT molecular complexity index is 793. The number of aryl methyl sites for hydroxylation is 1. The van der Waals surface area contributed by atoms with Crippen LogP contribution in [-0.2, 0) is 4.79 Å². The zero-order chi connectivity index (χ0) is 19.9. The topological polar surface area (TPSA) is 44.8 Å². The Morgan fingerprint density at radius 3 is 2.54 bits per heavy atom. The minimum Gasteiger partial charge on any atom is -0.484 e. The Hall–Kier alpha value is -2.31. The van der Waals surface area contributed by atoms with Gasteiger partial charge in [-0.15, -0.1) is 0 Å². The van der Waals surface area contributed by atoms with Crippen molar-refractivity contribution in [2.45, 2.75) is 6.92 Å². The van der Waals surface area contributed by atoms with E-state index in [9.17, 15) is 9.18 Å². The van der Waals surface area contributed by atoms with Gasteiger partial charge in [0, 0.05) is 50.0 Å². The van der Waals surface area contributed by atoms with Crippen molar-refractivity contribution < 1.29 is 13.9 Å². The Morgan fingerprint density at radius 2 is 1.86 bits per heavy atom. The number of anilines is 1. The summed E-state index contributed by atoms with van der Waals surface area (Å²) in [6.45, 7) is 6.85. The molecule has 0 spiro atoms. The monoisotopic (exact) mass is 405 g/mol. The lowest BCUT2D eigenvalue weighted by molar-refractivity contribution is -0.123. The van der Waals surface area contributed by atoms with Gasteiger partial charge in [-0.25, -0.2) is 4.39 Å². The van der Waals surface area contributed by atoms with Crippen LogP contribution in [0, 0.1) is 12.7 Å². The van der Waals surface area contributed by atoms with E-state index in [0.29, 0.717) is 17.3 Å². The van der Waals surface area contributed by atoms with E-state index in [0.717, 1.165) is 44.0 Å². The third kappa shape index (κ3) is 5.84. The Morgan fingerprint density at radius 1 is 1.14 bits per heavy atom. The number of nitrogens with zero attached hydrogens (tertiary/aromatic N) is 2. The van der Waals surface area contributed by atoms with Gasteiger partial charge < -0.3 is 15.0 Å². The summed E-state index contributed by atoms with van der Waals surface area (Å²) in [5.74, 6) is 0.309. The van der Waals surface area contributed by atoms with Crippen LogP contribution in [0.1, 0.15) is 5.56 Å². The zero-order valence-corrected chi connectivity index (χ0v) is 16.7. The fourth-order valence-electron chi connectivity index (χ4n) is 3.20. The second-order valence-corrected chi connectivity index (χ2v) is 7.29. The number of carbonyl (C=O) groups excluding carboxylic acids is 1. The Kier molecular flexibility index (Phi) is 7.12. The average molecular weight is 406 g/mol. The molecule has 7 heteroatoms. The minimum absolute atomic E-state index is 0.0131. The number of ether oxygens (including phenoxy) is 1. The molecule has 2 aromatic carbocycles. The first-order chi connectivity index (χ1) is 13.5. The zero-order valence-electron chi connectivity index (χ0n) is 16.0. The van der Waals surface area contributed by atoms with Crippen LogP contribution in [0.4, 0.5) is 10.1 Å². The highest BCUT2D eigenvalue weighted by Gasteiger charge is 2.17. The van der Waals surface area contributed by atoms with E-state index in [4.69, 9.17) is 16.3 Å². The third-order valence-electron chi connectivity index (χ3n) is 4.81. The number of piperazine rings is 1. The molecule has 5 nitrogen and oxygen atoms in total. The minimum atomic E-state index is -0.215. The summed E-state index contributed by atoms with van der Waals surface area (Å²) < 4.78 is 18.6. The Labute approximate surface area is 170 Å². The number of carbonyl (C=O) groups is 1. The molecular formula is C21H25ClFN3O2. The van der Waals surface area contributed by atoms with Crippen molar-refractivity contribution >= 4 is 23.2 Å². The van der Waals surface area contributed by atoms with E-state index in [2.05, 4.69) is 15.1 Å². The lowest BCUT2D eigenvalue weighted by Crippen LogP contribution is -2.48. The van der Waals surface area contributed by atoms with E-state index in [1.165, 1.54) is 12.1 Å². The first kappa shape index (κ1) is 20.4. The number of rotatable bonds is 7. The van der Waals surface area contributed by atoms with Crippen LogP contribution in [-0.4, -0.2) is 56.7 Å². The molecule has 0 aliphatic carbocycles. The molecule has 1 aliphatic rings. The van der Waals surface area contributed by atoms with Gasteiger partial charge in [0.2, 0.25) is 0 Å². The molecule has 150 valence electrons. The molecule has 0 bridgehead atoms. The fourth-order valence-corrected chi connectivity index (χ4v) is 3.43. The summed E-state index contributed by atoms with van der Waals surface area (Å²) in [6, 6.07) is 11.9. The molecule has 1 saturated heterocycles. The summed E-state index contributed by atoms with van der Waals surface area (Å²) in [5, 5.41) is 3.54. The van der Waals surface area contributed by atoms with Gasteiger partial charge in [-0.1, -0.05) is 11.6 Å². The number of amides is 1. The van der Waals surface area contributed by atoms with Crippen molar-refractivity contribution in [1.82, 2.24) is 10.2 Å². The largest absolute Gasteiger partial charge is 0.484 e. The molecule has 0 atom stereocenters. The first-order valence-electron chi connectivity index (χ1n) is 9.40. The smallest absolute Gasteiger partial charge is 0.257 e. The van der Waals surface area contributed by atoms with Crippen molar-refractivity contribution in [2.24, 2.45) is 0 Å². The first-order valence-corrected chi connectivity index (χ1v) is 9.77. The lowest BCUT2D eigenvalue weighted by Gasteiger charge is -2.36. The summed E-state index contributed by atoms with van der Waals surface area (Å²) >= 11 is 5.91. The predicted molar refractivity (Wildman–Crippen MR) is 110 cm³/mol. The van der Waals surface area contributed by atoms with E-state index in [1.54, 1.807) is 18.2 Å². The highest BCUT2D eigenvalue weighted by Crippen LogP contribution is 2.21. The van der Waals surface area contributed by atoms with Gasteiger partial charge in [0.15, 0.2) is 6.61 Å². The highest BCUT2D eigenvalue weighted by molar-refractivity contribution is 6.30. The normalized spacial score (nSPS) is 14.8. The predicted octanol–water partition coefficient (Wildman–Crippen LogP) is 3.10. The van der Waals surface area contributed by atoms with Crippen LogP contribution in [0.25, 0.3) is 0 Å². The molecule has 0 saturated carbocycles. The van der Waals surface area contributed by atoms with Crippen molar-refractivity contribution in [2.75, 3.05) is 50.8 Å². The molecule has 1 N–H and O–H groups in total. The summed E-state index contributed by atoms with van der Waals surface area (Å²) in [6.07, 6.45) is 0.